The van der Waals surface area contributed by atoms with Crippen LogP contribution in [0.5, 0.6) is 0 Å². The summed E-state index contributed by atoms with van der Waals surface area (Å²) in [6.45, 7) is 0.715. The zero-order chi connectivity index (χ0) is 5.82. The van der Waals surface area contributed by atoms with Crippen molar-refractivity contribution in [2.75, 3.05) is 6.54 Å². The van der Waals surface area contributed by atoms with E-state index in [0.717, 1.165) is 6.42 Å². The lowest BCUT2D eigenvalue weighted by Gasteiger charge is -1.93. The molecule has 3 heteroatoms. The van der Waals surface area contributed by atoms with E-state index in [4.69, 9.17) is 5.26 Å². The molecule has 0 N–H and O–H groups in total. The Morgan fingerprint density at radius 2 is 2.62 bits per heavy atom. The van der Waals surface area contributed by atoms with Gasteiger partial charge in [0, 0.05) is 19.2 Å². The molecule has 1 rings (SSSR count). The number of rotatable bonds is 0. The molecule has 0 aromatic carbocycles. The molecule has 0 radical (unpaired) electrons. The minimum absolute atomic E-state index is 0.302. The first-order valence-electron chi connectivity index (χ1n) is 2.40. The zero-order valence-electron chi connectivity index (χ0n) is 4.33. The molecular formula is C5H5N3. The van der Waals surface area contributed by atoms with E-state index in [2.05, 4.69) is 9.98 Å². The predicted octanol–water partition coefficient (Wildman–Crippen LogP) is 0.383. The Hall–Kier alpha value is -1.17. The number of hydrogen-bond donors (Lipinski definition) is 0. The van der Waals surface area contributed by atoms with Crippen LogP contribution in [0.1, 0.15) is 6.42 Å². The second kappa shape index (κ2) is 2.22. The maximum atomic E-state index is 8.20. The van der Waals surface area contributed by atoms with Crippen LogP contribution in [0.15, 0.2) is 9.98 Å². The van der Waals surface area contributed by atoms with Crippen molar-refractivity contribution in [1.29, 1.82) is 5.26 Å². The minimum Gasteiger partial charge on any atom is -0.257 e. The Balaban J connectivity index is 2.68. The molecule has 0 aromatic rings. The van der Waals surface area contributed by atoms with Gasteiger partial charge in [-0.15, -0.1) is 0 Å². The third kappa shape index (κ3) is 0.909. The standard InChI is InChI=1S/C5H5N3/c6-4-5-7-2-1-3-8-5/h2H,1,3H2. The summed E-state index contributed by atoms with van der Waals surface area (Å²) in [5.74, 6) is 0.302. The smallest absolute Gasteiger partial charge is 0.227 e. The van der Waals surface area contributed by atoms with Crippen molar-refractivity contribution in [1.82, 2.24) is 0 Å². The van der Waals surface area contributed by atoms with Gasteiger partial charge in [-0.05, 0) is 0 Å². The van der Waals surface area contributed by atoms with E-state index in [9.17, 15) is 0 Å². The molecule has 1 heterocycles. The summed E-state index contributed by atoms with van der Waals surface area (Å²) in [5.41, 5.74) is 0. The summed E-state index contributed by atoms with van der Waals surface area (Å²) >= 11 is 0. The Morgan fingerprint density at radius 3 is 3.00 bits per heavy atom. The van der Waals surface area contributed by atoms with Crippen LogP contribution < -0.4 is 0 Å². The highest BCUT2D eigenvalue weighted by atomic mass is 14.9. The van der Waals surface area contributed by atoms with Crippen molar-refractivity contribution in [3.8, 4) is 6.07 Å². The molecule has 0 saturated carbocycles. The van der Waals surface area contributed by atoms with Crippen molar-refractivity contribution in [3.05, 3.63) is 0 Å². The molecule has 40 valence electrons. The van der Waals surface area contributed by atoms with Crippen LogP contribution in [-0.2, 0) is 0 Å². The highest BCUT2D eigenvalue weighted by Crippen LogP contribution is 1.88. The number of nitriles is 1. The number of nitrogens with zero attached hydrogens (tertiary/aromatic N) is 3. The largest absolute Gasteiger partial charge is 0.257 e. The summed E-state index contributed by atoms with van der Waals surface area (Å²) < 4.78 is 0. The molecule has 0 amide bonds. The maximum Gasteiger partial charge on any atom is 0.227 e. The van der Waals surface area contributed by atoms with Crippen LogP contribution >= 0.6 is 0 Å². The van der Waals surface area contributed by atoms with Gasteiger partial charge in [0.25, 0.3) is 0 Å². The van der Waals surface area contributed by atoms with Gasteiger partial charge in [-0.25, -0.2) is 4.99 Å². The van der Waals surface area contributed by atoms with E-state index in [-0.39, 0.29) is 0 Å². The van der Waals surface area contributed by atoms with E-state index < -0.39 is 0 Å². The van der Waals surface area contributed by atoms with Gasteiger partial charge in [-0.2, -0.15) is 5.26 Å². The van der Waals surface area contributed by atoms with Gasteiger partial charge in [-0.3, -0.25) is 4.99 Å². The average molecular weight is 107 g/mol. The van der Waals surface area contributed by atoms with Gasteiger partial charge >= 0.3 is 0 Å². The van der Waals surface area contributed by atoms with Gasteiger partial charge in [0.1, 0.15) is 6.07 Å². The number of amidine groups is 1. The lowest BCUT2D eigenvalue weighted by Crippen LogP contribution is -1.98. The molecule has 0 aromatic heterocycles. The van der Waals surface area contributed by atoms with Crippen LogP contribution in [0.4, 0.5) is 0 Å². The molecule has 1 aliphatic heterocycles. The minimum atomic E-state index is 0.302. The third-order valence-corrected chi connectivity index (χ3v) is 0.833. The van der Waals surface area contributed by atoms with Crippen molar-refractivity contribution in [2.24, 2.45) is 9.98 Å². The van der Waals surface area contributed by atoms with Gasteiger partial charge in [0.15, 0.2) is 0 Å². The first-order chi connectivity index (χ1) is 3.93. The molecule has 0 spiro atoms. The van der Waals surface area contributed by atoms with Gasteiger partial charge in [0.05, 0.1) is 0 Å². The van der Waals surface area contributed by atoms with Gasteiger partial charge < -0.3 is 0 Å². The van der Waals surface area contributed by atoms with Crippen molar-refractivity contribution < 1.29 is 0 Å². The third-order valence-electron chi connectivity index (χ3n) is 0.833. The van der Waals surface area contributed by atoms with Crippen LogP contribution in [0, 0.1) is 11.3 Å². The zero-order valence-corrected chi connectivity index (χ0v) is 4.33. The normalized spacial score (nSPS) is 17.1. The van der Waals surface area contributed by atoms with Crippen LogP contribution in [0.3, 0.4) is 0 Å². The van der Waals surface area contributed by atoms with E-state index >= 15 is 0 Å². The molecule has 8 heavy (non-hydrogen) atoms. The van der Waals surface area contributed by atoms with Crippen molar-refractivity contribution in [3.63, 3.8) is 0 Å². The fourth-order valence-corrected chi connectivity index (χ4v) is 0.484. The lowest BCUT2D eigenvalue weighted by molar-refractivity contribution is 1.03. The molecule has 0 atom stereocenters. The Kier molecular flexibility index (Phi) is 1.38. The van der Waals surface area contributed by atoms with Crippen molar-refractivity contribution in [2.45, 2.75) is 6.42 Å². The molecule has 0 aliphatic carbocycles. The van der Waals surface area contributed by atoms with Gasteiger partial charge in [-0.1, -0.05) is 0 Å². The number of aliphatic imine (C=N–C) groups is 2. The monoisotopic (exact) mass is 107 g/mol. The first kappa shape index (κ1) is 4.98. The first-order valence-corrected chi connectivity index (χ1v) is 2.40. The maximum absolute atomic E-state index is 8.20. The summed E-state index contributed by atoms with van der Waals surface area (Å²) in [7, 11) is 0. The van der Waals surface area contributed by atoms with Crippen LogP contribution in [-0.4, -0.2) is 18.6 Å². The SMILES string of the molecule is N#CC1=NCCC=N1. The van der Waals surface area contributed by atoms with Crippen LogP contribution in [0.2, 0.25) is 0 Å². The Bertz CT molecular complexity index is 173. The number of hydrogen-bond acceptors (Lipinski definition) is 3. The Morgan fingerprint density at radius 1 is 1.75 bits per heavy atom. The van der Waals surface area contributed by atoms with Crippen molar-refractivity contribution >= 4 is 12.1 Å². The average Bonchev–Trinajstić information content (AvgIpc) is 1.90. The van der Waals surface area contributed by atoms with Crippen LogP contribution in [0.25, 0.3) is 0 Å². The molecule has 0 fully saturated rings. The molecule has 0 unspecified atom stereocenters. The summed E-state index contributed by atoms with van der Waals surface area (Å²) in [5, 5.41) is 8.20. The second-order valence-corrected chi connectivity index (χ2v) is 1.42. The van der Waals surface area contributed by atoms with E-state index in [1.54, 1.807) is 6.21 Å². The summed E-state index contributed by atoms with van der Waals surface area (Å²) in [4.78, 5) is 7.52. The van der Waals surface area contributed by atoms with Gasteiger partial charge in [0.2, 0.25) is 5.84 Å². The molecule has 1 aliphatic rings. The molecule has 0 saturated heterocycles. The fraction of sp³-hybridized carbons (Fsp3) is 0.400. The van der Waals surface area contributed by atoms with E-state index in [0.29, 0.717) is 12.4 Å². The molecule has 0 bridgehead atoms. The topological polar surface area (TPSA) is 48.5 Å². The predicted molar refractivity (Wildman–Crippen MR) is 31.0 cm³/mol. The summed E-state index contributed by atoms with van der Waals surface area (Å²) in [6, 6.07) is 1.86. The van der Waals surface area contributed by atoms with E-state index in [1.165, 1.54) is 0 Å². The fourth-order valence-electron chi connectivity index (χ4n) is 0.484. The second-order valence-electron chi connectivity index (χ2n) is 1.42. The molecular weight excluding hydrogens is 102 g/mol. The highest BCUT2D eigenvalue weighted by Gasteiger charge is 1.94. The van der Waals surface area contributed by atoms with E-state index in [1.807, 2.05) is 6.07 Å². The quantitative estimate of drug-likeness (QED) is 0.441. The Labute approximate surface area is 47.4 Å². The lowest BCUT2D eigenvalue weighted by atomic mass is 10.4. The highest BCUT2D eigenvalue weighted by molar-refractivity contribution is 6.02. The molecule has 3 nitrogen and oxygen atoms in total. The summed E-state index contributed by atoms with van der Waals surface area (Å²) in [6.07, 6.45) is 2.58.